The van der Waals surface area contributed by atoms with Crippen molar-refractivity contribution in [3.05, 3.63) is 35.4 Å². The minimum Gasteiger partial charge on any atom is -0.396 e. The fourth-order valence-corrected chi connectivity index (χ4v) is 2.92. The van der Waals surface area contributed by atoms with Crippen LogP contribution in [0.2, 0.25) is 0 Å². The second-order valence-corrected chi connectivity index (χ2v) is 5.81. The molecule has 1 aromatic rings. The second-order valence-electron chi connectivity index (χ2n) is 5.81. The van der Waals surface area contributed by atoms with Gasteiger partial charge in [-0.15, -0.1) is 0 Å². The number of hydrogen-bond acceptors (Lipinski definition) is 3. The molecule has 1 aliphatic rings. The first-order chi connectivity index (χ1) is 10.1. The summed E-state index contributed by atoms with van der Waals surface area (Å²) in [5.74, 6) is -1.56. The molecule has 1 heterocycles. The van der Waals surface area contributed by atoms with E-state index in [0.717, 1.165) is 44.5 Å². The normalized spacial score (nSPS) is 17.6. The Bertz CT molecular complexity index is 448. The lowest BCUT2D eigenvalue weighted by Gasteiger charge is -2.36. The molecular weight excluding hydrogens is 274 g/mol. The van der Waals surface area contributed by atoms with E-state index in [1.54, 1.807) is 6.07 Å². The Balaban J connectivity index is 1.79. The summed E-state index contributed by atoms with van der Waals surface area (Å²) >= 11 is 0. The standard InChI is InChI=1S/C16H24F2N2O/c1-19(7-2-10-21)14-5-8-20(9-6-14)12-13-3-4-15(17)16(18)11-13/h3-4,11,14,21H,2,5-10,12H2,1H3. The topological polar surface area (TPSA) is 26.7 Å². The van der Waals surface area contributed by atoms with Crippen LogP contribution in [-0.2, 0) is 6.54 Å². The lowest BCUT2D eigenvalue weighted by Crippen LogP contribution is -2.43. The van der Waals surface area contributed by atoms with E-state index < -0.39 is 11.6 Å². The van der Waals surface area contributed by atoms with Gasteiger partial charge in [-0.25, -0.2) is 8.78 Å². The molecule has 0 spiro atoms. The summed E-state index contributed by atoms with van der Waals surface area (Å²) in [7, 11) is 2.10. The highest BCUT2D eigenvalue weighted by atomic mass is 19.2. The average Bonchev–Trinajstić information content (AvgIpc) is 2.49. The van der Waals surface area contributed by atoms with Crippen LogP contribution in [0.3, 0.4) is 0 Å². The zero-order chi connectivity index (χ0) is 15.2. The van der Waals surface area contributed by atoms with E-state index in [2.05, 4.69) is 16.8 Å². The van der Waals surface area contributed by atoms with Crippen LogP contribution in [0.15, 0.2) is 18.2 Å². The number of likely N-dealkylation sites (tertiary alicyclic amines) is 1. The van der Waals surface area contributed by atoms with Crippen molar-refractivity contribution in [2.24, 2.45) is 0 Å². The van der Waals surface area contributed by atoms with Crippen molar-refractivity contribution in [1.82, 2.24) is 9.80 Å². The van der Waals surface area contributed by atoms with Crippen molar-refractivity contribution < 1.29 is 13.9 Å². The van der Waals surface area contributed by atoms with Crippen LogP contribution in [0, 0.1) is 11.6 Å². The van der Waals surface area contributed by atoms with E-state index in [1.165, 1.54) is 12.1 Å². The fourth-order valence-electron chi connectivity index (χ4n) is 2.92. The maximum absolute atomic E-state index is 13.2. The minimum atomic E-state index is -0.789. The van der Waals surface area contributed by atoms with Gasteiger partial charge in [0, 0.05) is 25.7 Å². The number of hydrogen-bond donors (Lipinski definition) is 1. The number of nitrogens with zero attached hydrogens (tertiary/aromatic N) is 2. The maximum atomic E-state index is 13.2. The van der Waals surface area contributed by atoms with Crippen LogP contribution < -0.4 is 0 Å². The molecule has 0 aliphatic carbocycles. The van der Waals surface area contributed by atoms with Crippen LogP contribution in [-0.4, -0.2) is 54.2 Å². The van der Waals surface area contributed by atoms with Crippen LogP contribution in [0.25, 0.3) is 0 Å². The molecule has 0 unspecified atom stereocenters. The summed E-state index contributed by atoms with van der Waals surface area (Å²) in [6.07, 6.45) is 2.96. The van der Waals surface area contributed by atoms with Crippen molar-refractivity contribution in [3.63, 3.8) is 0 Å². The molecule has 0 bridgehead atoms. The van der Waals surface area contributed by atoms with Gasteiger partial charge in [-0.3, -0.25) is 4.90 Å². The van der Waals surface area contributed by atoms with Crippen LogP contribution >= 0.6 is 0 Å². The molecule has 1 aliphatic heterocycles. The van der Waals surface area contributed by atoms with Crippen LogP contribution in [0.5, 0.6) is 0 Å². The highest BCUT2D eigenvalue weighted by Crippen LogP contribution is 2.18. The quantitative estimate of drug-likeness (QED) is 0.872. The number of aliphatic hydroxyl groups excluding tert-OH is 1. The third-order valence-corrected chi connectivity index (χ3v) is 4.24. The maximum Gasteiger partial charge on any atom is 0.159 e. The zero-order valence-electron chi connectivity index (χ0n) is 12.6. The van der Waals surface area contributed by atoms with Gasteiger partial charge in [-0.1, -0.05) is 6.07 Å². The van der Waals surface area contributed by atoms with E-state index in [0.29, 0.717) is 12.6 Å². The Morgan fingerprint density at radius 1 is 1.24 bits per heavy atom. The fraction of sp³-hybridized carbons (Fsp3) is 0.625. The molecule has 118 valence electrons. The Labute approximate surface area is 125 Å². The molecule has 5 heteroatoms. The average molecular weight is 298 g/mol. The first-order valence-corrected chi connectivity index (χ1v) is 7.57. The largest absolute Gasteiger partial charge is 0.396 e. The molecule has 0 amide bonds. The molecule has 0 aromatic heterocycles. The smallest absolute Gasteiger partial charge is 0.159 e. The number of halogens is 2. The third-order valence-electron chi connectivity index (χ3n) is 4.24. The number of piperidine rings is 1. The molecular formula is C16H24F2N2O. The van der Waals surface area contributed by atoms with E-state index in [-0.39, 0.29) is 6.61 Å². The van der Waals surface area contributed by atoms with E-state index in [1.807, 2.05) is 0 Å². The Kier molecular flexibility index (Phi) is 6.08. The van der Waals surface area contributed by atoms with Gasteiger partial charge >= 0.3 is 0 Å². The molecule has 21 heavy (non-hydrogen) atoms. The Morgan fingerprint density at radius 2 is 1.95 bits per heavy atom. The third kappa shape index (κ3) is 4.73. The van der Waals surface area contributed by atoms with Gasteiger partial charge in [0.25, 0.3) is 0 Å². The number of benzene rings is 1. The SMILES string of the molecule is CN(CCCO)C1CCN(Cc2ccc(F)c(F)c2)CC1. The lowest BCUT2D eigenvalue weighted by molar-refractivity contribution is 0.117. The van der Waals surface area contributed by atoms with E-state index in [4.69, 9.17) is 5.11 Å². The molecule has 1 aromatic carbocycles. The lowest BCUT2D eigenvalue weighted by atomic mass is 10.0. The van der Waals surface area contributed by atoms with Crippen molar-refractivity contribution in [1.29, 1.82) is 0 Å². The summed E-state index contributed by atoms with van der Waals surface area (Å²) in [5, 5.41) is 8.87. The molecule has 0 radical (unpaired) electrons. The number of rotatable bonds is 6. The molecule has 1 fully saturated rings. The van der Waals surface area contributed by atoms with Gasteiger partial charge < -0.3 is 10.0 Å². The van der Waals surface area contributed by atoms with Crippen molar-refractivity contribution in [3.8, 4) is 0 Å². The predicted octanol–water partition coefficient (Wildman–Crippen LogP) is 2.24. The summed E-state index contributed by atoms with van der Waals surface area (Å²) < 4.78 is 26.1. The summed E-state index contributed by atoms with van der Waals surface area (Å²) in [5.41, 5.74) is 0.820. The van der Waals surface area contributed by atoms with Gasteiger partial charge in [-0.2, -0.15) is 0 Å². The van der Waals surface area contributed by atoms with Crippen molar-refractivity contribution in [2.75, 3.05) is 33.3 Å². The second kappa shape index (κ2) is 7.82. The van der Waals surface area contributed by atoms with Crippen molar-refractivity contribution in [2.45, 2.75) is 31.8 Å². The van der Waals surface area contributed by atoms with E-state index >= 15 is 0 Å². The van der Waals surface area contributed by atoms with Gasteiger partial charge in [0.1, 0.15) is 0 Å². The van der Waals surface area contributed by atoms with Crippen LogP contribution in [0.4, 0.5) is 8.78 Å². The minimum absolute atomic E-state index is 0.235. The van der Waals surface area contributed by atoms with Gasteiger partial charge in [-0.05, 0) is 57.1 Å². The first kappa shape index (κ1) is 16.3. The molecule has 0 saturated carbocycles. The van der Waals surface area contributed by atoms with Crippen molar-refractivity contribution >= 4 is 0 Å². The zero-order valence-corrected chi connectivity index (χ0v) is 12.6. The summed E-state index contributed by atoms with van der Waals surface area (Å²) in [6.45, 7) is 3.76. The van der Waals surface area contributed by atoms with Gasteiger partial charge in [0.05, 0.1) is 0 Å². The number of aliphatic hydroxyl groups is 1. The molecule has 0 atom stereocenters. The Morgan fingerprint density at radius 3 is 2.57 bits per heavy atom. The highest BCUT2D eigenvalue weighted by Gasteiger charge is 2.22. The Hall–Kier alpha value is -1.04. The highest BCUT2D eigenvalue weighted by molar-refractivity contribution is 5.17. The summed E-state index contributed by atoms with van der Waals surface area (Å²) in [6, 6.07) is 4.69. The van der Waals surface area contributed by atoms with Gasteiger partial charge in [0.15, 0.2) is 11.6 Å². The molecule has 3 nitrogen and oxygen atoms in total. The molecule has 1 N–H and O–H groups in total. The van der Waals surface area contributed by atoms with Crippen LogP contribution in [0.1, 0.15) is 24.8 Å². The van der Waals surface area contributed by atoms with E-state index in [9.17, 15) is 8.78 Å². The van der Waals surface area contributed by atoms with Gasteiger partial charge in [0.2, 0.25) is 0 Å². The molecule has 2 rings (SSSR count). The first-order valence-electron chi connectivity index (χ1n) is 7.57. The monoisotopic (exact) mass is 298 g/mol. The molecule has 1 saturated heterocycles. The summed E-state index contributed by atoms with van der Waals surface area (Å²) in [4.78, 5) is 4.59. The predicted molar refractivity (Wildman–Crippen MR) is 79.0 cm³/mol.